The number of carbonyl (C=O) groups is 1. The summed E-state index contributed by atoms with van der Waals surface area (Å²) in [6.07, 6.45) is 0. The summed E-state index contributed by atoms with van der Waals surface area (Å²) in [6.45, 7) is 3.66. The maximum Gasteiger partial charge on any atom is 0.336 e. The molecule has 0 aliphatic carbocycles. The molecule has 34 heavy (non-hydrogen) atoms. The van der Waals surface area contributed by atoms with Gasteiger partial charge in [0.2, 0.25) is 5.91 Å². The van der Waals surface area contributed by atoms with Gasteiger partial charge in [0.25, 0.3) is 5.56 Å². The van der Waals surface area contributed by atoms with E-state index in [1.54, 1.807) is 41.9 Å². The lowest BCUT2D eigenvalue weighted by molar-refractivity contribution is -0.116. The molecule has 5 aromatic rings. The predicted molar refractivity (Wildman–Crippen MR) is 135 cm³/mol. The Bertz CT molecular complexity index is 1690. The fraction of sp³-hybridized carbons (Fsp3) is 0.148. The van der Waals surface area contributed by atoms with E-state index >= 15 is 0 Å². The second-order valence-corrected chi connectivity index (χ2v) is 8.54. The fourth-order valence-electron chi connectivity index (χ4n) is 4.48. The van der Waals surface area contributed by atoms with Crippen LogP contribution in [0.5, 0.6) is 0 Å². The molecule has 0 radical (unpaired) electrons. The Hall–Kier alpha value is -4.39. The van der Waals surface area contributed by atoms with Crippen LogP contribution in [0.4, 0.5) is 5.69 Å². The standard InChI is InChI=1S/C27H24N4O3/c1-17-8-7-9-19(14-17)28-23(32)16-30-24-21-15-18(2)12-13-22(21)29(3)25(24)26(33)31(27(30)34)20-10-5-4-6-11-20/h4-15H,16H2,1-3H3,(H,28,32). The third kappa shape index (κ3) is 3.51. The van der Waals surface area contributed by atoms with Crippen LogP contribution in [0.1, 0.15) is 11.1 Å². The highest BCUT2D eigenvalue weighted by molar-refractivity contribution is 6.06. The van der Waals surface area contributed by atoms with Gasteiger partial charge in [-0.05, 0) is 55.8 Å². The highest BCUT2D eigenvalue weighted by atomic mass is 16.2. The van der Waals surface area contributed by atoms with Crippen molar-refractivity contribution in [3.63, 3.8) is 0 Å². The zero-order valence-electron chi connectivity index (χ0n) is 19.2. The summed E-state index contributed by atoms with van der Waals surface area (Å²) in [5.41, 5.74) is 3.78. The number of aromatic nitrogens is 3. The number of rotatable bonds is 4. The van der Waals surface area contributed by atoms with Crippen molar-refractivity contribution in [2.24, 2.45) is 7.05 Å². The Morgan fingerprint density at radius 2 is 1.59 bits per heavy atom. The van der Waals surface area contributed by atoms with Crippen LogP contribution in [0.2, 0.25) is 0 Å². The molecule has 0 saturated heterocycles. The number of hydrogen-bond acceptors (Lipinski definition) is 3. The summed E-state index contributed by atoms with van der Waals surface area (Å²) in [5, 5.41) is 3.63. The predicted octanol–water partition coefficient (Wildman–Crippen LogP) is 3.90. The van der Waals surface area contributed by atoms with Gasteiger partial charge in [-0.2, -0.15) is 0 Å². The molecule has 0 spiro atoms. The van der Waals surface area contributed by atoms with Gasteiger partial charge in [-0.1, -0.05) is 42.0 Å². The summed E-state index contributed by atoms with van der Waals surface area (Å²) >= 11 is 0. The number of para-hydroxylation sites is 1. The Labute approximate surface area is 195 Å². The van der Waals surface area contributed by atoms with E-state index in [0.29, 0.717) is 22.4 Å². The molecule has 1 N–H and O–H groups in total. The number of aryl methyl sites for hydroxylation is 3. The number of amides is 1. The first kappa shape index (κ1) is 21.5. The average molecular weight is 453 g/mol. The molecule has 7 heteroatoms. The third-order valence-corrected chi connectivity index (χ3v) is 6.04. The van der Waals surface area contributed by atoms with E-state index in [9.17, 15) is 14.4 Å². The molecule has 7 nitrogen and oxygen atoms in total. The van der Waals surface area contributed by atoms with E-state index in [1.807, 2.05) is 56.3 Å². The van der Waals surface area contributed by atoms with E-state index in [1.165, 1.54) is 4.57 Å². The second-order valence-electron chi connectivity index (χ2n) is 8.54. The second kappa shape index (κ2) is 8.19. The Balaban J connectivity index is 1.78. The van der Waals surface area contributed by atoms with Crippen molar-refractivity contribution in [2.75, 3.05) is 5.32 Å². The Morgan fingerprint density at radius 1 is 0.853 bits per heavy atom. The smallest absolute Gasteiger partial charge is 0.336 e. The maximum atomic E-state index is 13.7. The molecule has 0 aliphatic heterocycles. The van der Waals surface area contributed by atoms with Gasteiger partial charge in [0.15, 0.2) is 0 Å². The van der Waals surface area contributed by atoms with Crippen LogP contribution in [0.15, 0.2) is 82.4 Å². The van der Waals surface area contributed by atoms with Gasteiger partial charge in [-0.3, -0.25) is 14.2 Å². The number of hydrogen-bond donors (Lipinski definition) is 1. The zero-order chi connectivity index (χ0) is 24.0. The van der Waals surface area contributed by atoms with Gasteiger partial charge in [-0.15, -0.1) is 0 Å². The number of fused-ring (bicyclic) bond motifs is 3. The molecule has 2 aromatic heterocycles. The molecule has 3 aromatic carbocycles. The van der Waals surface area contributed by atoms with Gasteiger partial charge < -0.3 is 9.88 Å². The first-order chi connectivity index (χ1) is 16.3. The lowest BCUT2D eigenvalue weighted by atomic mass is 10.1. The van der Waals surface area contributed by atoms with Crippen LogP contribution >= 0.6 is 0 Å². The van der Waals surface area contributed by atoms with Crippen LogP contribution in [0.25, 0.3) is 27.6 Å². The minimum atomic E-state index is -0.558. The highest BCUT2D eigenvalue weighted by Crippen LogP contribution is 2.26. The van der Waals surface area contributed by atoms with E-state index in [2.05, 4.69) is 5.32 Å². The number of nitrogens with zero attached hydrogens (tertiary/aromatic N) is 3. The maximum absolute atomic E-state index is 13.7. The molecule has 5 rings (SSSR count). The van der Waals surface area contributed by atoms with Crippen molar-refractivity contribution in [1.82, 2.24) is 13.7 Å². The molecular formula is C27H24N4O3. The van der Waals surface area contributed by atoms with Crippen LogP contribution in [0, 0.1) is 13.8 Å². The molecule has 170 valence electrons. The van der Waals surface area contributed by atoms with Gasteiger partial charge in [0, 0.05) is 18.1 Å². The molecule has 0 unspecified atom stereocenters. The first-order valence-electron chi connectivity index (χ1n) is 11.0. The van der Waals surface area contributed by atoms with Crippen molar-refractivity contribution in [1.29, 1.82) is 0 Å². The Morgan fingerprint density at radius 3 is 2.32 bits per heavy atom. The van der Waals surface area contributed by atoms with Gasteiger partial charge in [-0.25, -0.2) is 9.36 Å². The summed E-state index contributed by atoms with van der Waals surface area (Å²) in [4.78, 5) is 40.4. The SMILES string of the molecule is Cc1cccc(NC(=O)Cn2c(=O)n(-c3ccccc3)c(=O)c3c2c2cc(C)ccc2n3C)c1. The van der Waals surface area contributed by atoms with E-state index in [0.717, 1.165) is 26.6 Å². The molecule has 0 bridgehead atoms. The molecule has 0 saturated carbocycles. The number of carbonyl (C=O) groups excluding carboxylic acids is 1. The number of nitrogens with one attached hydrogen (secondary N) is 1. The Kier molecular flexibility index (Phi) is 5.17. The van der Waals surface area contributed by atoms with Crippen LogP contribution in [-0.2, 0) is 18.4 Å². The van der Waals surface area contributed by atoms with Crippen LogP contribution in [-0.4, -0.2) is 19.6 Å². The first-order valence-corrected chi connectivity index (χ1v) is 11.0. The van der Waals surface area contributed by atoms with Crippen molar-refractivity contribution in [3.05, 3.63) is 105 Å². The van der Waals surface area contributed by atoms with Gasteiger partial charge in [0.05, 0.1) is 16.7 Å². The van der Waals surface area contributed by atoms with Crippen LogP contribution < -0.4 is 16.6 Å². The average Bonchev–Trinajstić information content (AvgIpc) is 3.09. The summed E-state index contributed by atoms with van der Waals surface area (Å²) in [5.74, 6) is -0.350. The lowest BCUT2D eigenvalue weighted by Crippen LogP contribution is -2.41. The largest absolute Gasteiger partial charge is 0.338 e. The number of anilines is 1. The zero-order valence-corrected chi connectivity index (χ0v) is 19.2. The van der Waals surface area contributed by atoms with Crippen LogP contribution in [0.3, 0.4) is 0 Å². The van der Waals surface area contributed by atoms with Crippen molar-refractivity contribution >= 4 is 33.5 Å². The summed E-state index contributed by atoms with van der Waals surface area (Å²) < 4.78 is 4.32. The lowest BCUT2D eigenvalue weighted by Gasteiger charge is -2.13. The molecule has 1 amide bonds. The normalized spacial score (nSPS) is 11.3. The van der Waals surface area contributed by atoms with E-state index in [-0.39, 0.29) is 12.5 Å². The topological polar surface area (TPSA) is 78.0 Å². The monoisotopic (exact) mass is 452 g/mol. The minimum Gasteiger partial charge on any atom is -0.338 e. The molecular weight excluding hydrogens is 428 g/mol. The van der Waals surface area contributed by atoms with Gasteiger partial charge >= 0.3 is 5.69 Å². The summed E-state index contributed by atoms with van der Waals surface area (Å²) in [7, 11) is 1.80. The van der Waals surface area contributed by atoms with Gasteiger partial charge in [0.1, 0.15) is 12.1 Å². The van der Waals surface area contributed by atoms with E-state index < -0.39 is 11.2 Å². The third-order valence-electron chi connectivity index (χ3n) is 6.04. The van der Waals surface area contributed by atoms with E-state index in [4.69, 9.17) is 0 Å². The quantitative estimate of drug-likeness (QED) is 0.449. The molecule has 2 heterocycles. The fourth-order valence-corrected chi connectivity index (χ4v) is 4.48. The highest BCUT2D eigenvalue weighted by Gasteiger charge is 2.22. The minimum absolute atomic E-state index is 0.233. The van der Waals surface area contributed by atoms with Crippen molar-refractivity contribution in [2.45, 2.75) is 20.4 Å². The molecule has 0 aliphatic rings. The van der Waals surface area contributed by atoms with Crippen molar-refractivity contribution < 1.29 is 4.79 Å². The number of benzene rings is 3. The summed E-state index contributed by atoms with van der Waals surface area (Å²) in [6, 6.07) is 22.1. The molecule has 0 fully saturated rings. The van der Waals surface area contributed by atoms with Crippen molar-refractivity contribution in [3.8, 4) is 5.69 Å². The molecule has 0 atom stereocenters.